The fraction of sp³-hybridized carbons (Fsp3) is 0. The number of hydrogen-bond acceptors (Lipinski definition) is 2. The number of aromatic nitrogens is 3. The highest BCUT2D eigenvalue weighted by molar-refractivity contribution is 5.79. The van der Waals surface area contributed by atoms with Crippen LogP contribution in [0.4, 0.5) is 4.39 Å². The van der Waals surface area contributed by atoms with Gasteiger partial charge in [-0.15, -0.1) is 0 Å². The Kier molecular flexibility index (Phi) is 2.04. The number of imidazole rings is 1. The molecule has 2 N–H and O–H groups in total. The van der Waals surface area contributed by atoms with Crippen molar-refractivity contribution in [3.05, 3.63) is 52.7 Å². The minimum Gasteiger partial charge on any atom is -0.338 e. The normalized spacial score (nSPS) is 10.9. The van der Waals surface area contributed by atoms with E-state index < -0.39 is 0 Å². The Bertz CT molecular complexity index is 724. The zero-order valence-corrected chi connectivity index (χ0v) is 8.70. The number of pyridine rings is 1. The fourth-order valence-electron chi connectivity index (χ4n) is 1.68. The summed E-state index contributed by atoms with van der Waals surface area (Å²) in [5.74, 6) is 0.288. The highest BCUT2D eigenvalue weighted by atomic mass is 19.1. The lowest BCUT2D eigenvalue weighted by molar-refractivity contribution is 0.629. The van der Waals surface area contributed by atoms with Crippen molar-refractivity contribution >= 4 is 11.0 Å². The van der Waals surface area contributed by atoms with Gasteiger partial charge in [-0.1, -0.05) is 0 Å². The maximum atomic E-state index is 13.0. The first kappa shape index (κ1) is 9.77. The van der Waals surface area contributed by atoms with Crippen LogP contribution in [0.2, 0.25) is 0 Å². The lowest BCUT2D eigenvalue weighted by Gasteiger charge is -1.93. The number of rotatable bonds is 1. The molecular weight excluding hydrogens is 221 g/mol. The lowest BCUT2D eigenvalue weighted by atomic mass is 10.3. The second kappa shape index (κ2) is 3.55. The molecule has 2 heterocycles. The number of benzene rings is 1. The van der Waals surface area contributed by atoms with Crippen LogP contribution in [0.5, 0.6) is 0 Å². The summed E-state index contributed by atoms with van der Waals surface area (Å²) in [6.45, 7) is 0. The average molecular weight is 229 g/mol. The molecule has 0 spiro atoms. The van der Waals surface area contributed by atoms with Gasteiger partial charge in [0.1, 0.15) is 11.6 Å². The molecule has 0 unspecified atom stereocenters. The highest BCUT2D eigenvalue weighted by Gasteiger charge is 2.05. The van der Waals surface area contributed by atoms with E-state index in [1.54, 1.807) is 18.3 Å². The van der Waals surface area contributed by atoms with E-state index in [4.69, 9.17) is 0 Å². The van der Waals surface area contributed by atoms with E-state index in [-0.39, 0.29) is 11.4 Å². The van der Waals surface area contributed by atoms with Gasteiger partial charge in [-0.25, -0.2) is 9.37 Å². The zero-order chi connectivity index (χ0) is 11.8. The van der Waals surface area contributed by atoms with Crippen LogP contribution in [0, 0.1) is 5.82 Å². The first-order chi connectivity index (χ1) is 8.22. The molecule has 0 amide bonds. The number of H-pyrrole nitrogens is 2. The van der Waals surface area contributed by atoms with Gasteiger partial charge in [0.15, 0.2) is 0 Å². The summed E-state index contributed by atoms with van der Waals surface area (Å²) in [7, 11) is 0. The molecule has 0 atom stereocenters. The van der Waals surface area contributed by atoms with Crippen molar-refractivity contribution in [2.45, 2.75) is 0 Å². The maximum absolute atomic E-state index is 13.0. The molecule has 0 aliphatic carbocycles. The van der Waals surface area contributed by atoms with Crippen LogP contribution in [-0.2, 0) is 0 Å². The molecule has 4 nitrogen and oxygen atoms in total. The van der Waals surface area contributed by atoms with Crippen LogP contribution in [0.1, 0.15) is 0 Å². The maximum Gasteiger partial charge on any atom is 0.247 e. The van der Waals surface area contributed by atoms with Crippen molar-refractivity contribution < 1.29 is 4.39 Å². The molecular formula is C12H8FN3O. The highest BCUT2D eigenvalue weighted by Crippen LogP contribution is 2.19. The van der Waals surface area contributed by atoms with Gasteiger partial charge in [0, 0.05) is 17.8 Å². The molecule has 0 aliphatic heterocycles. The smallest absolute Gasteiger partial charge is 0.247 e. The van der Waals surface area contributed by atoms with Crippen LogP contribution in [0.3, 0.4) is 0 Å². The Morgan fingerprint density at radius 1 is 1.18 bits per heavy atom. The summed E-state index contributed by atoms with van der Waals surface area (Å²) in [5.41, 5.74) is 1.90. The van der Waals surface area contributed by atoms with E-state index >= 15 is 0 Å². The SMILES string of the molecule is O=c1ccc(-c2nc3ccc(F)cc3[nH]2)c[nH]1. The number of fused-ring (bicyclic) bond motifs is 1. The lowest BCUT2D eigenvalue weighted by Crippen LogP contribution is -2.01. The number of hydrogen-bond donors (Lipinski definition) is 2. The molecule has 0 bridgehead atoms. The van der Waals surface area contributed by atoms with E-state index in [0.29, 0.717) is 16.9 Å². The molecule has 84 valence electrons. The van der Waals surface area contributed by atoms with E-state index in [1.807, 2.05) is 0 Å². The first-order valence-electron chi connectivity index (χ1n) is 5.07. The summed E-state index contributed by atoms with van der Waals surface area (Å²) < 4.78 is 13.0. The van der Waals surface area contributed by atoms with E-state index in [1.165, 1.54) is 18.2 Å². The van der Waals surface area contributed by atoms with E-state index in [2.05, 4.69) is 15.0 Å². The minimum absolute atomic E-state index is 0.170. The van der Waals surface area contributed by atoms with E-state index in [9.17, 15) is 9.18 Å². The standard InChI is InChI=1S/C12H8FN3O/c13-8-2-3-9-10(5-8)16-12(15-9)7-1-4-11(17)14-6-7/h1-6H,(H,14,17)(H,15,16). The third-order valence-electron chi connectivity index (χ3n) is 2.50. The van der Waals surface area contributed by atoms with Crippen molar-refractivity contribution in [1.29, 1.82) is 0 Å². The summed E-state index contributed by atoms with van der Waals surface area (Å²) in [5, 5.41) is 0. The summed E-state index contributed by atoms with van der Waals surface area (Å²) in [4.78, 5) is 20.8. The van der Waals surface area contributed by atoms with Gasteiger partial charge in [0.05, 0.1) is 11.0 Å². The molecule has 0 fully saturated rings. The molecule has 0 saturated heterocycles. The molecule has 0 radical (unpaired) electrons. The zero-order valence-electron chi connectivity index (χ0n) is 8.70. The van der Waals surface area contributed by atoms with Gasteiger partial charge in [-0.3, -0.25) is 4.79 Å². The fourth-order valence-corrected chi connectivity index (χ4v) is 1.68. The van der Waals surface area contributed by atoms with Crippen molar-refractivity contribution in [2.75, 3.05) is 0 Å². The molecule has 1 aromatic carbocycles. The third kappa shape index (κ3) is 1.71. The summed E-state index contributed by atoms with van der Waals surface area (Å²) in [6, 6.07) is 7.43. The van der Waals surface area contributed by atoms with Gasteiger partial charge < -0.3 is 9.97 Å². The Labute approximate surface area is 95.1 Å². The minimum atomic E-state index is -0.311. The topological polar surface area (TPSA) is 61.5 Å². The van der Waals surface area contributed by atoms with E-state index in [0.717, 1.165) is 5.56 Å². The van der Waals surface area contributed by atoms with Crippen LogP contribution >= 0.6 is 0 Å². The number of aromatic amines is 2. The van der Waals surface area contributed by atoms with Crippen molar-refractivity contribution in [3.63, 3.8) is 0 Å². The predicted octanol–water partition coefficient (Wildman–Crippen LogP) is 2.06. The Hall–Kier alpha value is -2.43. The van der Waals surface area contributed by atoms with Crippen LogP contribution in [-0.4, -0.2) is 15.0 Å². The Balaban J connectivity index is 2.17. The molecule has 17 heavy (non-hydrogen) atoms. The average Bonchev–Trinajstić information content (AvgIpc) is 2.72. The van der Waals surface area contributed by atoms with Crippen LogP contribution in [0.25, 0.3) is 22.4 Å². The predicted molar refractivity (Wildman–Crippen MR) is 62.1 cm³/mol. The summed E-state index contributed by atoms with van der Waals surface area (Å²) in [6.07, 6.45) is 1.57. The van der Waals surface area contributed by atoms with Crippen LogP contribution in [0.15, 0.2) is 41.3 Å². The molecule has 5 heteroatoms. The molecule has 0 saturated carbocycles. The third-order valence-corrected chi connectivity index (χ3v) is 2.50. The number of nitrogens with one attached hydrogen (secondary N) is 2. The van der Waals surface area contributed by atoms with Crippen molar-refractivity contribution in [2.24, 2.45) is 0 Å². The Morgan fingerprint density at radius 2 is 2.06 bits per heavy atom. The number of nitrogens with zero attached hydrogens (tertiary/aromatic N) is 1. The van der Waals surface area contributed by atoms with Crippen molar-refractivity contribution in [3.8, 4) is 11.4 Å². The summed E-state index contributed by atoms with van der Waals surface area (Å²) >= 11 is 0. The van der Waals surface area contributed by atoms with Crippen LogP contribution < -0.4 is 5.56 Å². The monoisotopic (exact) mass is 229 g/mol. The van der Waals surface area contributed by atoms with Gasteiger partial charge in [0.25, 0.3) is 0 Å². The largest absolute Gasteiger partial charge is 0.338 e. The van der Waals surface area contributed by atoms with Gasteiger partial charge >= 0.3 is 0 Å². The second-order valence-electron chi connectivity index (χ2n) is 3.69. The second-order valence-corrected chi connectivity index (χ2v) is 3.69. The first-order valence-corrected chi connectivity index (χ1v) is 5.07. The quantitative estimate of drug-likeness (QED) is 0.670. The Morgan fingerprint density at radius 3 is 2.82 bits per heavy atom. The molecule has 3 aromatic rings. The van der Waals surface area contributed by atoms with Gasteiger partial charge in [-0.2, -0.15) is 0 Å². The van der Waals surface area contributed by atoms with Gasteiger partial charge in [-0.05, 0) is 24.3 Å². The number of halogens is 1. The molecule has 0 aliphatic rings. The van der Waals surface area contributed by atoms with Gasteiger partial charge in [0.2, 0.25) is 5.56 Å². The molecule has 3 rings (SSSR count). The van der Waals surface area contributed by atoms with Crippen molar-refractivity contribution in [1.82, 2.24) is 15.0 Å². The molecule has 2 aromatic heterocycles.